The van der Waals surface area contributed by atoms with E-state index in [0.717, 1.165) is 13.1 Å². The maximum Gasteiger partial charge on any atom is 0.212 e. The summed E-state index contributed by atoms with van der Waals surface area (Å²) in [5.74, 6) is 2.66. The Morgan fingerprint density at radius 2 is 1.86 bits per heavy atom. The molecule has 0 spiro atoms. The third-order valence-corrected chi connectivity index (χ3v) is 2.02. The zero-order valence-corrected chi connectivity index (χ0v) is 9.09. The van der Waals surface area contributed by atoms with Gasteiger partial charge in [0, 0.05) is 24.5 Å². The van der Waals surface area contributed by atoms with Crippen LogP contribution in [0.15, 0.2) is 0 Å². The average molecular weight is 195 g/mol. The lowest BCUT2D eigenvalue weighted by atomic mass is 9.91. The van der Waals surface area contributed by atoms with Crippen LogP contribution in [0.3, 0.4) is 0 Å². The molecule has 3 heteroatoms. The van der Waals surface area contributed by atoms with E-state index in [-0.39, 0.29) is 11.2 Å². The molecule has 78 valence electrons. The lowest BCUT2D eigenvalue weighted by Gasteiger charge is -2.22. The van der Waals surface area contributed by atoms with Crippen LogP contribution in [0.1, 0.15) is 20.8 Å². The maximum atomic E-state index is 11.5. The van der Waals surface area contributed by atoms with Gasteiger partial charge in [0.25, 0.3) is 0 Å². The predicted octanol–water partition coefficient (Wildman–Crippen LogP) is 0.895. The van der Waals surface area contributed by atoms with Gasteiger partial charge >= 0.3 is 0 Å². The molecule has 0 saturated carbocycles. The highest BCUT2D eigenvalue weighted by Crippen LogP contribution is 2.13. The summed E-state index contributed by atoms with van der Waals surface area (Å²) in [5.41, 5.74) is -0.362. The number of nitrogens with zero attached hydrogens (tertiary/aromatic N) is 1. The van der Waals surface area contributed by atoms with Crippen LogP contribution in [-0.2, 0) is 9.53 Å². The summed E-state index contributed by atoms with van der Waals surface area (Å²) in [7, 11) is 0. The first-order chi connectivity index (χ1) is 6.50. The van der Waals surface area contributed by atoms with Gasteiger partial charge < -0.3 is 9.64 Å². The predicted molar refractivity (Wildman–Crippen MR) is 54.6 cm³/mol. The van der Waals surface area contributed by atoms with E-state index in [1.54, 1.807) is 0 Å². The Labute approximate surface area is 85.4 Å². The zero-order chi connectivity index (χ0) is 10.6. The van der Waals surface area contributed by atoms with E-state index in [9.17, 15) is 4.79 Å². The van der Waals surface area contributed by atoms with Crippen molar-refractivity contribution in [2.75, 3.05) is 26.3 Å². The number of carbonyl (C=O) groups is 1. The highest BCUT2D eigenvalue weighted by Gasteiger charge is 2.19. The lowest BCUT2D eigenvalue weighted by molar-refractivity contribution is -0.120. The van der Waals surface area contributed by atoms with Crippen molar-refractivity contribution >= 4 is 5.78 Å². The normalized spacial score (nSPS) is 17.2. The summed E-state index contributed by atoms with van der Waals surface area (Å²) in [5, 5.41) is 0. The van der Waals surface area contributed by atoms with Crippen LogP contribution in [-0.4, -0.2) is 37.0 Å². The molecule has 0 aliphatic carbocycles. The maximum absolute atomic E-state index is 11.5. The van der Waals surface area contributed by atoms with E-state index in [1.807, 2.05) is 25.7 Å². The monoisotopic (exact) mass is 195 g/mol. The quantitative estimate of drug-likeness (QED) is 0.538. The van der Waals surface area contributed by atoms with E-state index < -0.39 is 0 Å². The smallest absolute Gasteiger partial charge is 0.212 e. The van der Waals surface area contributed by atoms with Crippen molar-refractivity contribution < 1.29 is 9.53 Å². The van der Waals surface area contributed by atoms with Crippen LogP contribution in [0.4, 0.5) is 0 Å². The minimum Gasteiger partial charge on any atom is -0.378 e. The first-order valence-electron chi connectivity index (χ1n) is 4.89. The molecule has 0 aromatic carbocycles. The Morgan fingerprint density at radius 3 is 2.36 bits per heavy atom. The molecule has 0 aromatic rings. The molecule has 0 aromatic heterocycles. The second-order valence-corrected chi connectivity index (χ2v) is 4.42. The summed E-state index contributed by atoms with van der Waals surface area (Å²) in [6.07, 6.45) is 0. The number of ketones is 1. The molecule has 0 N–H and O–H groups in total. The highest BCUT2D eigenvalue weighted by atomic mass is 16.5. The van der Waals surface area contributed by atoms with Crippen LogP contribution in [0.5, 0.6) is 0 Å². The SMILES string of the molecule is CC(C)(C)C(=O)C#CN1CCOCC1. The molecule has 0 radical (unpaired) electrons. The van der Waals surface area contributed by atoms with Crippen molar-refractivity contribution in [3.63, 3.8) is 0 Å². The number of Topliss-reactive ketones (excluding diaryl/α,β-unsaturated/α-hetero) is 1. The zero-order valence-electron chi connectivity index (χ0n) is 9.09. The lowest BCUT2D eigenvalue weighted by Crippen LogP contribution is -2.33. The molecule has 1 aliphatic rings. The number of morpholine rings is 1. The molecule has 14 heavy (non-hydrogen) atoms. The highest BCUT2D eigenvalue weighted by molar-refractivity contribution is 5.99. The topological polar surface area (TPSA) is 29.5 Å². The van der Waals surface area contributed by atoms with Crippen LogP contribution in [0.25, 0.3) is 0 Å². The van der Waals surface area contributed by atoms with E-state index >= 15 is 0 Å². The average Bonchev–Trinajstić information content (AvgIpc) is 2.14. The van der Waals surface area contributed by atoms with Crippen LogP contribution in [0.2, 0.25) is 0 Å². The van der Waals surface area contributed by atoms with Crippen molar-refractivity contribution in [1.82, 2.24) is 4.90 Å². The minimum atomic E-state index is -0.362. The number of rotatable bonds is 0. The molecule has 1 fully saturated rings. The first-order valence-corrected chi connectivity index (χ1v) is 4.89. The van der Waals surface area contributed by atoms with E-state index in [2.05, 4.69) is 12.0 Å². The van der Waals surface area contributed by atoms with Gasteiger partial charge in [-0.05, 0) is 5.92 Å². The Bertz CT molecular complexity index is 261. The summed E-state index contributed by atoms with van der Waals surface area (Å²) in [6, 6.07) is 2.88. The molecule has 0 amide bonds. The summed E-state index contributed by atoms with van der Waals surface area (Å²) in [6.45, 7) is 8.64. The standard InChI is InChI=1S/C11H17NO2/c1-11(2,3)10(13)4-5-12-6-8-14-9-7-12/h6-9H2,1-3H3. The molecule has 3 nitrogen and oxygen atoms in total. The number of ether oxygens (including phenoxy) is 1. The van der Waals surface area contributed by atoms with Gasteiger partial charge in [-0.15, -0.1) is 0 Å². The van der Waals surface area contributed by atoms with Gasteiger partial charge in [-0.1, -0.05) is 20.8 Å². The van der Waals surface area contributed by atoms with Crippen LogP contribution in [0, 0.1) is 17.4 Å². The fraction of sp³-hybridized carbons (Fsp3) is 0.727. The largest absolute Gasteiger partial charge is 0.378 e. The number of hydrogen-bond donors (Lipinski definition) is 0. The van der Waals surface area contributed by atoms with Crippen molar-refractivity contribution in [2.24, 2.45) is 5.41 Å². The van der Waals surface area contributed by atoms with Gasteiger partial charge in [0.2, 0.25) is 5.78 Å². The van der Waals surface area contributed by atoms with Crippen LogP contribution >= 0.6 is 0 Å². The molecule has 1 saturated heterocycles. The minimum absolute atomic E-state index is 0.0102. The molecule has 1 rings (SSSR count). The molecular formula is C11H17NO2. The molecular weight excluding hydrogens is 178 g/mol. The molecule has 1 aliphatic heterocycles. The molecule has 1 heterocycles. The fourth-order valence-electron chi connectivity index (χ4n) is 0.992. The number of hydrogen-bond acceptors (Lipinski definition) is 3. The van der Waals surface area contributed by atoms with Crippen molar-refractivity contribution in [1.29, 1.82) is 0 Å². The second-order valence-electron chi connectivity index (χ2n) is 4.42. The van der Waals surface area contributed by atoms with E-state index in [0.29, 0.717) is 13.2 Å². The summed E-state index contributed by atoms with van der Waals surface area (Å²) in [4.78, 5) is 13.4. The Hall–Kier alpha value is -1.01. The Morgan fingerprint density at radius 1 is 1.29 bits per heavy atom. The Kier molecular flexibility index (Phi) is 3.54. The number of carbonyl (C=O) groups excluding carboxylic acids is 1. The fourth-order valence-corrected chi connectivity index (χ4v) is 0.992. The summed E-state index contributed by atoms with van der Waals surface area (Å²) < 4.78 is 5.18. The molecule has 0 bridgehead atoms. The van der Waals surface area contributed by atoms with Crippen LogP contribution < -0.4 is 0 Å². The molecule has 0 unspecified atom stereocenters. The van der Waals surface area contributed by atoms with E-state index in [1.165, 1.54) is 0 Å². The third kappa shape index (κ3) is 3.39. The van der Waals surface area contributed by atoms with Crippen molar-refractivity contribution in [3.8, 4) is 12.0 Å². The van der Waals surface area contributed by atoms with Gasteiger partial charge in [-0.25, -0.2) is 0 Å². The van der Waals surface area contributed by atoms with Gasteiger partial charge in [0.1, 0.15) is 0 Å². The Balaban J connectivity index is 2.49. The van der Waals surface area contributed by atoms with Gasteiger partial charge in [-0.2, -0.15) is 0 Å². The van der Waals surface area contributed by atoms with Crippen molar-refractivity contribution in [2.45, 2.75) is 20.8 Å². The van der Waals surface area contributed by atoms with Crippen molar-refractivity contribution in [3.05, 3.63) is 0 Å². The van der Waals surface area contributed by atoms with Gasteiger partial charge in [0.15, 0.2) is 0 Å². The van der Waals surface area contributed by atoms with Gasteiger partial charge in [0.05, 0.1) is 13.2 Å². The second kappa shape index (κ2) is 4.47. The summed E-state index contributed by atoms with van der Waals surface area (Å²) >= 11 is 0. The molecule has 0 atom stereocenters. The van der Waals surface area contributed by atoms with E-state index in [4.69, 9.17) is 4.74 Å². The third-order valence-electron chi connectivity index (χ3n) is 2.02. The van der Waals surface area contributed by atoms with Gasteiger partial charge in [-0.3, -0.25) is 4.79 Å². The first kappa shape index (κ1) is 11.1.